The van der Waals surface area contributed by atoms with Crippen molar-refractivity contribution in [1.82, 2.24) is 9.97 Å². The molecule has 1 heterocycles. The highest BCUT2D eigenvalue weighted by Crippen LogP contribution is 2.38. The van der Waals surface area contributed by atoms with Crippen LogP contribution in [0.5, 0.6) is 0 Å². The Balaban J connectivity index is 1.38. The molecule has 0 aliphatic heterocycles. The molecule has 0 saturated heterocycles. The minimum absolute atomic E-state index is 0.600. The topological polar surface area (TPSA) is 114 Å². The van der Waals surface area contributed by atoms with Crippen LogP contribution in [0.2, 0.25) is 0 Å². The van der Waals surface area contributed by atoms with Crippen LogP contribution in [0.1, 0.15) is 5.56 Å². The highest BCUT2D eigenvalue weighted by molar-refractivity contribution is 5.86. The van der Waals surface area contributed by atoms with Crippen molar-refractivity contribution in [2.45, 2.75) is 0 Å². The maximum atomic E-state index is 9.73. The Morgan fingerprint density at radius 1 is 0.426 bits per heavy atom. The summed E-state index contributed by atoms with van der Waals surface area (Å²) in [4.78, 5) is 10.4. The Kier molecular flexibility index (Phi) is 9.11. The van der Waals surface area contributed by atoms with E-state index >= 15 is 0 Å². The number of aromatic nitrogens is 2. The van der Waals surface area contributed by atoms with Crippen LogP contribution < -0.4 is 16.8 Å². The molecule has 0 bridgehead atoms. The van der Waals surface area contributed by atoms with Crippen LogP contribution in [0.15, 0.2) is 170 Å². The molecule has 0 aliphatic rings. The van der Waals surface area contributed by atoms with Gasteiger partial charge in [-0.1, -0.05) is 78.9 Å². The van der Waals surface area contributed by atoms with Gasteiger partial charge in [0.25, 0.3) is 0 Å². The molecule has 0 fully saturated rings. The van der Waals surface area contributed by atoms with E-state index in [0.29, 0.717) is 22.8 Å². The molecule has 8 aromatic rings. The fourth-order valence-electron chi connectivity index (χ4n) is 6.74. The monoisotopic (exact) mass is 696 g/mol. The quantitative estimate of drug-likeness (QED) is 0.136. The van der Waals surface area contributed by atoms with E-state index in [1.807, 2.05) is 110 Å². The molecule has 0 radical (unpaired) electrons. The average Bonchev–Trinajstić information content (AvgIpc) is 3.23. The van der Waals surface area contributed by atoms with Crippen LogP contribution in [0.25, 0.3) is 78.4 Å². The van der Waals surface area contributed by atoms with Crippen LogP contribution in [0.4, 0.5) is 17.1 Å². The van der Waals surface area contributed by atoms with Crippen LogP contribution in [-0.2, 0) is 0 Å². The zero-order valence-electron chi connectivity index (χ0n) is 29.7. The van der Waals surface area contributed by atoms with Crippen molar-refractivity contribution in [2.75, 3.05) is 23.8 Å². The van der Waals surface area contributed by atoms with E-state index in [0.717, 1.165) is 78.3 Å². The summed E-state index contributed by atoms with van der Waals surface area (Å²) in [6, 6.07) is 59.2. The minimum Gasteiger partial charge on any atom is -0.399 e. The standard InChI is InChI=1S/C48H36N6/c1-52-45-18-8-15-36(28-45)40-20-37(33-12-5-9-31(19-33)30-49)22-41(25-40)46-29-47(54-48(53-46)32-10-3-2-4-11-32)42-23-38(34-13-6-16-43(50)26-34)21-39(24-42)35-14-7-17-44(51)27-35/h2-29,52H,50-51H2,1H3. The molecule has 1 aromatic heterocycles. The van der Waals surface area contributed by atoms with Gasteiger partial charge in [0.2, 0.25) is 0 Å². The molecule has 258 valence electrons. The molecule has 5 N–H and O–H groups in total. The number of nitrogens with two attached hydrogens (primary N) is 2. The van der Waals surface area contributed by atoms with Crippen molar-refractivity contribution in [1.29, 1.82) is 5.26 Å². The third-order valence-electron chi connectivity index (χ3n) is 9.47. The summed E-state index contributed by atoms with van der Waals surface area (Å²) < 4.78 is 0. The molecule has 0 atom stereocenters. The Hall–Kier alpha value is -7.49. The number of nitrogens with zero attached hydrogens (tertiary/aromatic N) is 3. The van der Waals surface area contributed by atoms with E-state index in [2.05, 4.69) is 78.1 Å². The van der Waals surface area contributed by atoms with Gasteiger partial charge in [0.05, 0.1) is 23.0 Å². The third kappa shape index (κ3) is 7.16. The Morgan fingerprint density at radius 3 is 1.37 bits per heavy atom. The second-order valence-corrected chi connectivity index (χ2v) is 13.2. The molecule has 0 saturated carbocycles. The molecule has 0 unspecified atom stereocenters. The van der Waals surface area contributed by atoms with Gasteiger partial charge in [-0.25, -0.2) is 9.97 Å². The largest absolute Gasteiger partial charge is 0.399 e. The first-order chi connectivity index (χ1) is 26.4. The normalized spacial score (nSPS) is 10.8. The number of nitrogen functional groups attached to an aromatic ring is 2. The Bertz CT molecular complexity index is 2630. The SMILES string of the molecule is CNc1cccc(-c2cc(-c3cccc(C#N)c3)cc(-c3cc(-c4cc(-c5cccc(N)c5)cc(-c5cccc(N)c5)c4)nc(-c4ccccc4)n3)c2)c1. The van der Waals surface area contributed by atoms with E-state index in [4.69, 9.17) is 21.4 Å². The number of benzene rings is 7. The van der Waals surface area contributed by atoms with E-state index in [1.165, 1.54) is 0 Å². The Labute approximate surface area is 315 Å². The van der Waals surface area contributed by atoms with Gasteiger partial charge in [0, 0.05) is 40.8 Å². The summed E-state index contributed by atoms with van der Waals surface area (Å²) in [6.07, 6.45) is 0. The first kappa shape index (κ1) is 33.6. The number of rotatable bonds is 8. The van der Waals surface area contributed by atoms with Gasteiger partial charge in [-0.2, -0.15) is 5.26 Å². The summed E-state index contributed by atoms with van der Waals surface area (Å²) in [7, 11) is 1.92. The van der Waals surface area contributed by atoms with Gasteiger partial charge in [0.15, 0.2) is 5.82 Å². The molecule has 7 aromatic carbocycles. The molecule has 0 aliphatic carbocycles. The first-order valence-electron chi connectivity index (χ1n) is 17.7. The molecule has 6 nitrogen and oxygen atoms in total. The molecule has 6 heteroatoms. The minimum atomic E-state index is 0.600. The maximum absolute atomic E-state index is 9.73. The van der Waals surface area contributed by atoms with Gasteiger partial charge < -0.3 is 16.8 Å². The average molecular weight is 697 g/mol. The van der Waals surface area contributed by atoms with Crippen molar-refractivity contribution < 1.29 is 0 Å². The zero-order valence-corrected chi connectivity index (χ0v) is 29.7. The lowest BCUT2D eigenvalue weighted by molar-refractivity contribution is 1.18. The molecule has 0 amide bonds. The first-order valence-corrected chi connectivity index (χ1v) is 17.7. The number of nitrogens with one attached hydrogen (secondary N) is 1. The fourth-order valence-corrected chi connectivity index (χ4v) is 6.74. The lowest BCUT2D eigenvalue weighted by Gasteiger charge is -2.15. The van der Waals surface area contributed by atoms with Gasteiger partial charge in [0.1, 0.15) is 0 Å². The number of anilines is 3. The summed E-state index contributed by atoms with van der Waals surface area (Å²) in [5.41, 5.74) is 27.8. The summed E-state index contributed by atoms with van der Waals surface area (Å²) >= 11 is 0. The van der Waals surface area contributed by atoms with Gasteiger partial charge in [-0.3, -0.25) is 0 Å². The second-order valence-electron chi connectivity index (χ2n) is 13.2. The van der Waals surface area contributed by atoms with Crippen LogP contribution in [-0.4, -0.2) is 17.0 Å². The third-order valence-corrected chi connectivity index (χ3v) is 9.47. The lowest BCUT2D eigenvalue weighted by atomic mass is 9.92. The second kappa shape index (κ2) is 14.6. The van der Waals surface area contributed by atoms with Crippen molar-refractivity contribution >= 4 is 17.1 Å². The highest BCUT2D eigenvalue weighted by Gasteiger charge is 2.16. The van der Waals surface area contributed by atoms with Crippen LogP contribution >= 0.6 is 0 Å². The summed E-state index contributed by atoms with van der Waals surface area (Å²) in [5, 5.41) is 13.0. The van der Waals surface area contributed by atoms with Crippen LogP contribution in [0, 0.1) is 11.3 Å². The van der Waals surface area contributed by atoms with Gasteiger partial charge in [-0.15, -0.1) is 0 Å². The van der Waals surface area contributed by atoms with Crippen molar-refractivity contribution in [3.05, 3.63) is 175 Å². The van der Waals surface area contributed by atoms with Gasteiger partial charge in [-0.05, 0) is 136 Å². The predicted octanol–water partition coefficient (Wildman–Crippen LogP) is 11.2. The molecule has 0 spiro atoms. The van der Waals surface area contributed by atoms with Crippen molar-refractivity contribution in [2.24, 2.45) is 0 Å². The summed E-state index contributed by atoms with van der Waals surface area (Å²) in [6.45, 7) is 0. The lowest BCUT2D eigenvalue weighted by Crippen LogP contribution is -1.97. The number of hydrogen-bond donors (Lipinski definition) is 3. The van der Waals surface area contributed by atoms with E-state index in [-0.39, 0.29) is 0 Å². The zero-order chi connectivity index (χ0) is 37.0. The molecular weight excluding hydrogens is 661 g/mol. The molecule has 8 rings (SSSR count). The summed E-state index contributed by atoms with van der Waals surface area (Å²) in [5.74, 6) is 0.610. The van der Waals surface area contributed by atoms with Crippen molar-refractivity contribution in [3.8, 4) is 84.5 Å². The highest BCUT2D eigenvalue weighted by atomic mass is 14.9. The van der Waals surface area contributed by atoms with E-state index < -0.39 is 0 Å². The van der Waals surface area contributed by atoms with Crippen LogP contribution in [0.3, 0.4) is 0 Å². The molecular formula is C48H36N6. The van der Waals surface area contributed by atoms with E-state index in [9.17, 15) is 5.26 Å². The molecule has 54 heavy (non-hydrogen) atoms. The Morgan fingerprint density at radius 2 is 0.870 bits per heavy atom. The predicted molar refractivity (Wildman–Crippen MR) is 223 cm³/mol. The van der Waals surface area contributed by atoms with E-state index in [1.54, 1.807) is 0 Å². The van der Waals surface area contributed by atoms with Crippen molar-refractivity contribution in [3.63, 3.8) is 0 Å². The number of nitriles is 1. The maximum Gasteiger partial charge on any atom is 0.160 e. The fraction of sp³-hybridized carbons (Fsp3) is 0.0208. The number of hydrogen-bond acceptors (Lipinski definition) is 6. The smallest absolute Gasteiger partial charge is 0.160 e. The van der Waals surface area contributed by atoms with Gasteiger partial charge >= 0.3 is 0 Å².